The number of nitrogens with two attached hydrogens (primary N) is 2. The molecule has 0 aliphatic heterocycles. The second-order valence-electron chi connectivity index (χ2n) is 3.82. The summed E-state index contributed by atoms with van der Waals surface area (Å²) >= 11 is 0. The lowest BCUT2D eigenvalue weighted by molar-refractivity contribution is 0.410. The Kier molecular flexibility index (Phi) is 3.67. The largest absolute Gasteiger partial charge is 0.399 e. The summed E-state index contributed by atoms with van der Waals surface area (Å²) in [4.78, 5) is 3.81. The molecule has 2 aromatic rings. The number of hydrogen-bond donors (Lipinski definition) is 3. The molecule has 1 aromatic heterocycles. The molecule has 102 valence electrons. The Labute approximate surface area is 109 Å². The van der Waals surface area contributed by atoms with E-state index in [1.807, 2.05) is 0 Å². The Bertz CT molecular complexity index is 654. The van der Waals surface area contributed by atoms with Crippen LogP contribution in [0.2, 0.25) is 0 Å². The van der Waals surface area contributed by atoms with E-state index in [2.05, 4.69) is 20.0 Å². The van der Waals surface area contributed by atoms with Gasteiger partial charge in [0.05, 0.1) is 5.69 Å². The van der Waals surface area contributed by atoms with Gasteiger partial charge >= 0.3 is 0 Å². The van der Waals surface area contributed by atoms with E-state index in [0.29, 0.717) is 30.2 Å². The van der Waals surface area contributed by atoms with Crippen LogP contribution in [0.15, 0.2) is 34.0 Å². The normalized spacial score (nSPS) is 11.4. The first-order chi connectivity index (χ1) is 8.97. The lowest BCUT2D eigenvalue weighted by Gasteiger charge is -2.10. The molecule has 0 amide bonds. The van der Waals surface area contributed by atoms with Crippen LogP contribution < -0.4 is 16.2 Å². The van der Waals surface area contributed by atoms with Crippen LogP contribution in [0.3, 0.4) is 0 Å². The van der Waals surface area contributed by atoms with Crippen molar-refractivity contribution in [3.05, 3.63) is 30.4 Å². The molecule has 0 unspecified atom stereocenters. The molecule has 5 N–H and O–H groups in total. The number of sulfonamides is 1. The second kappa shape index (κ2) is 5.24. The SMILES string of the molecule is Nc1ccc(NCCc2ncon2)c(S(N)(=O)=O)c1. The monoisotopic (exact) mass is 283 g/mol. The summed E-state index contributed by atoms with van der Waals surface area (Å²) < 4.78 is 27.5. The van der Waals surface area contributed by atoms with E-state index in [9.17, 15) is 8.42 Å². The fourth-order valence-electron chi connectivity index (χ4n) is 1.53. The van der Waals surface area contributed by atoms with Gasteiger partial charge in [-0.05, 0) is 18.2 Å². The number of aromatic nitrogens is 2. The van der Waals surface area contributed by atoms with Gasteiger partial charge in [-0.3, -0.25) is 0 Å². The Hall–Kier alpha value is -2.13. The van der Waals surface area contributed by atoms with Crippen molar-refractivity contribution in [1.82, 2.24) is 10.1 Å². The van der Waals surface area contributed by atoms with Crippen molar-refractivity contribution >= 4 is 21.4 Å². The van der Waals surface area contributed by atoms with E-state index < -0.39 is 10.0 Å². The third-order valence-corrected chi connectivity index (χ3v) is 3.33. The molecular formula is C10H13N5O3S. The number of hydrogen-bond acceptors (Lipinski definition) is 7. The van der Waals surface area contributed by atoms with Gasteiger partial charge in [0, 0.05) is 18.7 Å². The number of benzene rings is 1. The molecule has 2 rings (SSSR count). The maximum Gasteiger partial charge on any atom is 0.240 e. The van der Waals surface area contributed by atoms with Gasteiger partial charge in [-0.25, -0.2) is 13.6 Å². The molecule has 0 bridgehead atoms. The first-order valence-electron chi connectivity index (χ1n) is 5.38. The fraction of sp³-hybridized carbons (Fsp3) is 0.200. The zero-order valence-corrected chi connectivity index (χ0v) is 10.7. The highest BCUT2D eigenvalue weighted by molar-refractivity contribution is 7.89. The van der Waals surface area contributed by atoms with Gasteiger partial charge in [-0.15, -0.1) is 0 Å². The van der Waals surface area contributed by atoms with E-state index in [1.54, 1.807) is 12.1 Å². The first-order valence-corrected chi connectivity index (χ1v) is 6.93. The van der Waals surface area contributed by atoms with Crippen molar-refractivity contribution in [2.75, 3.05) is 17.6 Å². The quantitative estimate of drug-likeness (QED) is 0.654. The smallest absolute Gasteiger partial charge is 0.240 e. The maximum atomic E-state index is 11.4. The van der Waals surface area contributed by atoms with E-state index in [1.165, 1.54) is 12.5 Å². The molecule has 0 fully saturated rings. The lowest BCUT2D eigenvalue weighted by atomic mass is 10.2. The zero-order valence-electron chi connectivity index (χ0n) is 9.91. The lowest BCUT2D eigenvalue weighted by Crippen LogP contribution is -2.16. The number of anilines is 2. The number of rotatable bonds is 5. The van der Waals surface area contributed by atoms with Gasteiger partial charge in [0.15, 0.2) is 5.82 Å². The molecule has 0 atom stereocenters. The minimum Gasteiger partial charge on any atom is -0.399 e. The van der Waals surface area contributed by atoms with Gasteiger partial charge in [0.25, 0.3) is 0 Å². The number of nitrogens with zero attached hydrogens (tertiary/aromatic N) is 2. The Morgan fingerprint density at radius 2 is 2.16 bits per heavy atom. The summed E-state index contributed by atoms with van der Waals surface area (Å²) in [5.41, 5.74) is 6.27. The molecule has 1 aromatic carbocycles. The number of nitrogen functional groups attached to an aromatic ring is 1. The average molecular weight is 283 g/mol. The predicted octanol–water partition coefficient (Wildman–Crippen LogP) is -0.0462. The summed E-state index contributed by atoms with van der Waals surface area (Å²) in [7, 11) is -3.83. The highest BCUT2D eigenvalue weighted by Gasteiger charge is 2.14. The minimum atomic E-state index is -3.83. The van der Waals surface area contributed by atoms with Crippen molar-refractivity contribution in [2.45, 2.75) is 11.3 Å². The van der Waals surface area contributed by atoms with E-state index in [4.69, 9.17) is 10.9 Å². The van der Waals surface area contributed by atoms with Gasteiger partial charge < -0.3 is 15.6 Å². The van der Waals surface area contributed by atoms with Gasteiger partial charge in [0.1, 0.15) is 4.90 Å². The van der Waals surface area contributed by atoms with Crippen LogP contribution in [0.25, 0.3) is 0 Å². The number of nitrogens with one attached hydrogen (secondary N) is 1. The summed E-state index contributed by atoms with van der Waals surface area (Å²) in [5, 5.41) is 11.7. The third kappa shape index (κ3) is 3.42. The predicted molar refractivity (Wildman–Crippen MR) is 68.7 cm³/mol. The van der Waals surface area contributed by atoms with Crippen molar-refractivity contribution in [2.24, 2.45) is 5.14 Å². The molecule has 19 heavy (non-hydrogen) atoms. The molecule has 0 aliphatic carbocycles. The molecular weight excluding hydrogens is 270 g/mol. The topological polar surface area (TPSA) is 137 Å². The summed E-state index contributed by atoms with van der Waals surface area (Å²) in [5.74, 6) is 0.528. The second-order valence-corrected chi connectivity index (χ2v) is 5.35. The maximum absolute atomic E-state index is 11.4. The van der Waals surface area contributed by atoms with Crippen LogP contribution in [0.5, 0.6) is 0 Å². The van der Waals surface area contributed by atoms with Crippen LogP contribution in [-0.2, 0) is 16.4 Å². The molecule has 0 saturated carbocycles. The van der Waals surface area contributed by atoms with Crippen molar-refractivity contribution < 1.29 is 12.9 Å². The summed E-state index contributed by atoms with van der Waals surface area (Å²) in [6.07, 6.45) is 1.72. The first kappa shape index (κ1) is 13.3. The zero-order chi connectivity index (χ0) is 13.9. The Balaban J connectivity index is 2.12. The molecule has 0 aliphatic rings. The van der Waals surface area contributed by atoms with Crippen LogP contribution >= 0.6 is 0 Å². The minimum absolute atomic E-state index is 0.0411. The highest BCUT2D eigenvalue weighted by Crippen LogP contribution is 2.22. The average Bonchev–Trinajstić information content (AvgIpc) is 2.83. The Morgan fingerprint density at radius 1 is 1.37 bits per heavy atom. The molecule has 0 radical (unpaired) electrons. The van der Waals surface area contributed by atoms with Crippen LogP contribution in [0.4, 0.5) is 11.4 Å². The van der Waals surface area contributed by atoms with E-state index in [0.717, 1.165) is 0 Å². The van der Waals surface area contributed by atoms with Crippen LogP contribution in [0.1, 0.15) is 5.82 Å². The molecule has 9 heteroatoms. The molecule has 1 heterocycles. The molecule has 0 saturated heterocycles. The van der Waals surface area contributed by atoms with Crippen molar-refractivity contribution in [1.29, 1.82) is 0 Å². The van der Waals surface area contributed by atoms with Crippen LogP contribution in [-0.4, -0.2) is 25.1 Å². The van der Waals surface area contributed by atoms with E-state index in [-0.39, 0.29) is 4.90 Å². The molecule has 8 nitrogen and oxygen atoms in total. The number of primary sulfonamides is 1. The summed E-state index contributed by atoms with van der Waals surface area (Å²) in [6.45, 7) is 0.436. The van der Waals surface area contributed by atoms with E-state index >= 15 is 0 Å². The highest BCUT2D eigenvalue weighted by atomic mass is 32.2. The third-order valence-electron chi connectivity index (χ3n) is 2.38. The van der Waals surface area contributed by atoms with Crippen molar-refractivity contribution in [3.63, 3.8) is 0 Å². The Morgan fingerprint density at radius 3 is 2.79 bits per heavy atom. The van der Waals surface area contributed by atoms with Crippen LogP contribution in [0, 0.1) is 0 Å². The van der Waals surface area contributed by atoms with Gasteiger partial charge in [-0.2, -0.15) is 4.98 Å². The summed E-state index contributed by atoms with van der Waals surface area (Å²) in [6, 6.07) is 4.46. The van der Waals surface area contributed by atoms with Gasteiger partial charge in [0.2, 0.25) is 16.4 Å². The van der Waals surface area contributed by atoms with Gasteiger partial charge in [-0.1, -0.05) is 5.16 Å². The van der Waals surface area contributed by atoms with Crippen molar-refractivity contribution in [3.8, 4) is 0 Å². The fourth-order valence-corrected chi connectivity index (χ4v) is 2.28. The standard InChI is InChI=1S/C10H13N5O3S/c11-7-1-2-8(9(5-7)19(12,16)17)13-4-3-10-14-6-18-15-10/h1-2,5-6,13H,3-4,11H2,(H2,12,16,17). The molecule has 0 spiro atoms.